The van der Waals surface area contributed by atoms with Crippen LogP contribution in [-0.2, 0) is 14.6 Å². The summed E-state index contributed by atoms with van der Waals surface area (Å²) in [6.07, 6.45) is 6.33. The number of nitrogens with one attached hydrogen (secondary N) is 1. The van der Waals surface area contributed by atoms with Gasteiger partial charge in [0, 0.05) is 36.3 Å². The number of benzene rings is 1. The number of fused-ring (bicyclic) bond motifs is 2. The molecule has 0 radical (unpaired) electrons. The SMILES string of the molecule is CC(C)(Oc1ncc(Cl)cc1Cl)C(=O)N[C@H]1C[C@H]2CC[C@@H](C1)N2c1ccc(S(C)(=O)=O)cc1. The Morgan fingerprint density at radius 1 is 1.15 bits per heavy atom. The maximum atomic E-state index is 13.0. The van der Waals surface area contributed by atoms with Gasteiger partial charge in [-0.2, -0.15) is 0 Å². The molecule has 0 saturated carbocycles. The molecular weight excluding hydrogens is 485 g/mol. The molecule has 1 aromatic carbocycles. The van der Waals surface area contributed by atoms with E-state index in [2.05, 4.69) is 15.2 Å². The van der Waals surface area contributed by atoms with Crippen LogP contribution in [0.15, 0.2) is 41.4 Å². The second-order valence-electron chi connectivity index (χ2n) is 9.25. The van der Waals surface area contributed by atoms with Crippen LogP contribution in [0.2, 0.25) is 10.0 Å². The number of hydrogen-bond donors (Lipinski definition) is 1. The fourth-order valence-electron chi connectivity index (χ4n) is 4.71. The Morgan fingerprint density at radius 2 is 1.76 bits per heavy atom. The Kier molecular flexibility index (Phi) is 6.55. The van der Waals surface area contributed by atoms with E-state index in [0.29, 0.717) is 9.92 Å². The lowest BCUT2D eigenvalue weighted by atomic mass is 9.95. The lowest BCUT2D eigenvalue weighted by molar-refractivity contribution is -0.135. The summed E-state index contributed by atoms with van der Waals surface area (Å²) in [5, 5.41) is 3.78. The molecule has 2 aliphatic heterocycles. The topological polar surface area (TPSA) is 88.6 Å². The highest BCUT2D eigenvalue weighted by Gasteiger charge is 2.42. The largest absolute Gasteiger partial charge is 0.460 e. The molecule has 33 heavy (non-hydrogen) atoms. The molecule has 7 nitrogen and oxygen atoms in total. The van der Waals surface area contributed by atoms with Crippen molar-refractivity contribution in [2.24, 2.45) is 0 Å². The smallest absolute Gasteiger partial charge is 0.263 e. The molecular formula is C23H27Cl2N3O4S. The number of pyridine rings is 1. The molecule has 0 spiro atoms. The molecule has 1 N–H and O–H groups in total. The van der Waals surface area contributed by atoms with Gasteiger partial charge >= 0.3 is 0 Å². The van der Waals surface area contributed by atoms with Crippen molar-refractivity contribution in [3.8, 4) is 5.88 Å². The van der Waals surface area contributed by atoms with Gasteiger partial charge in [0.15, 0.2) is 15.4 Å². The summed E-state index contributed by atoms with van der Waals surface area (Å²) in [4.78, 5) is 19.8. The number of sulfone groups is 1. The summed E-state index contributed by atoms with van der Waals surface area (Å²) in [7, 11) is -3.22. The number of rotatable bonds is 6. The van der Waals surface area contributed by atoms with Crippen molar-refractivity contribution in [2.45, 2.75) is 68.2 Å². The Labute approximate surface area is 204 Å². The van der Waals surface area contributed by atoms with Crippen LogP contribution < -0.4 is 15.0 Å². The van der Waals surface area contributed by atoms with Crippen molar-refractivity contribution in [1.82, 2.24) is 10.3 Å². The predicted molar refractivity (Wildman–Crippen MR) is 129 cm³/mol. The lowest BCUT2D eigenvalue weighted by Crippen LogP contribution is -2.55. The minimum atomic E-state index is -3.22. The van der Waals surface area contributed by atoms with Crippen molar-refractivity contribution in [3.05, 3.63) is 46.6 Å². The van der Waals surface area contributed by atoms with E-state index in [-0.39, 0.29) is 34.9 Å². The molecule has 2 saturated heterocycles. The first-order chi connectivity index (χ1) is 15.4. The predicted octanol–water partition coefficient (Wildman–Crippen LogP) is 4.27. The van der Waals surface area contributed by atoms with Crippen molar-refractivity contribution >= 4 is 44.6 Å². The van der Waals surface area contributed by atoms with Gasteiger partial charge in [-0.05, 0) is 69.9 Å². The number of halogens is 2. The van der Waals surface area contributed by atoms with Crippen LogP contribution in [0.25, 0.3) is 0 Å². The molecule has 0 unspecified atom stereocenters. The number of hydrogen-bond acceptors (Lipinski definition) is 6. The number of nitrogens with zero attached hydrogens (tertiary/aromatic N) is 2. The average molecular weight is 512 g/mol. The number of amides is 1. The standard InChI is InChI=1S/C23H27Cl2N3O4S/c1-23(2,32-21-20(25)10-14(24)13-26-21)22(29)27-15-11-17-4-5-18(12-15)28(17)16-6-8-19(9-7-16)33(3,30)31/h6-10,13,15,17-18H,4-5,11-12H2,1-3H3,(H,27,29)/t15-,17+,18-. The molecule has 3 heterocycles. The van der Waals surface area contributed by atoms with E-state index in [4.69, 9.17) is 27.9 Å². The van der Waals surface area contributed by atoms with E-state index >= 15 is 0 Å². The van der Waals surface area contributed by atoms with Crippen LogP contribution >= 0.6 is 23.2 Å². The Morgan fingerprint density at radius 3 is 2.30 bits per heavy atom. The van der Waals surface area contributed by atoms with Gasteiger partial charge in [-0.15, -0.1) is 0 Å². The second kappa shape index (κ2) is 8.96. The zero-order chi connectivity index (χ0) is 24.0. The summed E-state index contributed by atoms with van der Waals surface area (Å²) in [6.45, 7) is 3.37. The van der Waals surface area contributed by atoms with Gasteiger partial charge in [0.1, 0.15) is 5.02 Å². The van der Waals surface area contributed by atoms with Crippen molar-refractivity contribution in [3.63, 3.8) is 0 Å². The number of carbonyl (C=O) groups is 1. The van der Waals surface area contributed by atoms with E-state index in [9.17, 15) is 13.2 Å². The quantitative estimate of drug-likeness (QED) is 0.622. The average Bonchev–Trinajstić information content (AvgIpc) is 3.00. The van der Waals surface area contributed by atoms with Gasteiger partial charge in [-0.25, -0.2) is 13.4 Å². The number of aromatic nitrogens is 1. The van der Waals surface area contributed by atoms with Gasteiger partial charge < -0.3 is 15.0 Å². The third-order valence-electron chi connectivity index (χ3n) is 6.30. The third kappa shape index (κ3) is 5.23. The van der Waals surface area contributed by atoms with E-state index < -0.39 is 15.4 Å². The molecule has 2 aliphatic rings. The lowest BCUT2D eigenvalue weighted by Gasteiger charge is -2.41. The zero-order valence-electron chi connectivity index (χ0n) is 18.7. The molecule has 3 atom stereocenters. The first kappa shape index (κ1) is 24.1. The Balaban J connectivity index is 1.41. The van der Waals surface area contributed by atoms with E-state index in [0.717, 1.165) is 31.4 Å². The maximum absolute atomic E-state index is 13.0. The Hall–Kier alpha value is -2.03. The number of piperidine rings is 1. The van der Waals surface area contributed by atoms with Crippen molar-refractivity contribution < 1.29 is 17.9 Å². The molecule has 2 bridgehead atoms. The molecule has 10 heteroatoms. The molecule has 4 rings (SSSR count). The monoisotopic (exact) mass is 511 g/mol. The first-order valence-electron chi connectivity index (χ1n) is 10.8. The van der Waals surface area contributed by atoms with E-state index in [1.165, 1.54) is 18.5 Å². The van der Waals surface area contributed by atoms with Gasteiger partial charge in [0.25, 0.3) is 5.91 Å². The minimum Gasteiger partial charge on any atom is -0.460 e. The molecule has 1 amide bonds. The van der Waals surface area contributed by atoms with Gasteiger partial charge in [0.05, 0.1) is 9.92 Å². The van der Waals surface area contributed by atoms with Gasteiger partial charge in [-0.1, -0.05) is 23.2 Å². The maximum Gasteiger partial charge on any atom is 0.263 e. The highest BCUT2D eigenvalue weighted by atomic mass is 35.5. The molecule has 178 valence electrons. The summed E-state index contributed by atoms with van der Waals surface area (Å²) in [5.74, 6) is -0.0701. The highest BCUT2D eigenvalue weighted by Crippen LogP contribution is 2.40. The highest BCUT2D eigenvalue weighted by molar-refractivity contribution is 7.90. The fraction of sp³-hybridized carbons (Fsp3) is 0.478. The summed E-state index contributed by atoms with van der Waals surface area (Å²) < 4.78 is 29.3. The van der Waals surface area contributed by atoms with Crippen LogP contribution in [0.1, 0.15) is 39.5 Å². The minimum absolute atomic E-state index is 0.0260. The van der Waals surface area contributed by atoms with Crippen LogP contribution in [0.4, 0.5) is 5.69 Å². The number of anilines is 1. The third-order valence-corrected chi connectivity index (χ3v) is 7.91. The molecule has 2 aromatic rings. The van der Waals surface area contributed by atoms with E-state index in [1.807, 2.05) is 12.1 Å². The van der Waals surface area contributed by atoms with Gasteiger partial charge in [-0.3, -0.25) is 4.79 Å². The summed E-state index contributed by atoms with van der Waals surface area (Å²) >= 11 is 12.0. The molecule has 2 fully saturated rings. The van der Waals surface area contributed by atoms with Crippen LogP contribution in [-0.4, -0.2) is 49.3 Å². The van der Waals surface area contributed by atoms with Gasteiger partial charge in [0.2, 0.25) is 5.88 Å². The first-order valence-corrected chi connectivity index (χ1v) is 13.5. The van der Waals surface area contributed by atoms with Crippen LogP contribution in [0.3, 0.4) is 0 Å². The number of ether oxygens (including phenoxy) is 1. The second-order valence-corrected chi connectivity index (χ2v) is 12.1. The Bertz CT molecular complexity index is 1140. The van der Waals surface area contributed by atoms with Crippen LogP contribution in [0, 0.1) is 0 Å². The van der Waals surface area contributed by atoms with Crippen LogP contribution in [0.5, 0.6) is 5.88 Å². The molecule has 0 aliphatic carbocycles. The summed E-state index contributed by atoms with van der Waals surface area (Å²) in [5.41, 5.74) is -0.144. The van der Waals surface area contributed by atoms with E-state index in [1.54, 1.807) is 26.0 Å². The van der Waals surface area contributed by atoms with Crippen molar-refractivity contribution in [1.29, 1.82) is 0 Å². The number of carbonyl (C=O) groups excluding carboxylic acids is 1. The molecule has 1 aromatic heterocycles. The van der Waals surface area contributed by atoms with Crippen molar-refractivity contribution in [2.75, 3.05) is 11.2 Å². The zero-order valence-corrected chi connectivity index (χ0v) is 21.0. The summed E-state index contributed by atoms with van der Waals surface area (Å²) in [6, 6.07) is 9.19. The fourth-order valence-corrected chi connectivity index (χ4v) is 5.76. The normalized spacial score (nSPS) is 22.8.